The van der Waals surface area contributed by atoms with Gasteiger partial charge in [-0.25, -0.2) is 4.99 Å². The van der Waals surface area contributed by atoms with E-state index in [1.54, 1.807) is 0 Å². The second-order valence-corrected chi connectivity index (χ2v) is 8.95. The van der Waals surface area contributed by atoms with Crippen LogP contribution in [-0.4, -0.2) is 40.6 Å². The first-order chi connectivity index (χ1) is 13.3. The van der Waals surface area contributed by atoms with Gasteiger partial charge in [-0.3, -0.25) is 4.79 Å². The summed E-state index contributed by atoms with van der Waals surface area (Å²) in [6, 6.07) is 0.671. The topological polar surface area (TPSA) is 104 Å². The van der Waals surface area contributed by atoms with Gasteiger partial charge in [0, 0.05) is 30.0 Å². The number of guanidine groups is 1. The van der Waals surface area contributed by atoms with E-state index in [0.717, 1.165) is 51.0 Å². The number of rotatable bonds is 6. The lowest BCUT2D eigenvalue weighted by molar-refractivity contribution is -0.126. The minimum absolute atomic E-state index is 0.0984. The van der Waals surface area contributed by atoms with E-state index >= 15 is 0 Å². The van der Waals surface area contributed by atoms with Crippen LogP contribution in [0, 0.1) is 5.92 Å². The van der Waals surface area contributed by atoms with Gasteiger partial charge in [0.2, 0.25) is 11.8 Å². The molecule has 0 bridgehead atoms. The van der Waals surface area contributed by atoms with Crippen molar-refractivity contribution in [3.8, 4) is 0 Å². The Morgan fingerprint density at radius 3 is 2.61 bits per heavy atom. The summed E-state index contributed by atoms with van der Waals surface area (Å²) in [5, 5.41) is 13.9. The van der Waals surface area contributed by atoms with Crippen molar-refractivity contribution in [2.24, 2.45) is 10.9 Å². The third-order valence-corrected chi connectivity index (χ3v) is 5.14. The second kappa shape index (κ2) is 8.92. The largest absolute Gasteiger partial charge is 0.357 e. The van der Waals surface area contributed by atoms with E-state index in [0.29, 0.717) is 24.3 Å². The number of hydrogen-bond donors (Lipinski definition) is 3. The van der Waals surface area contributed by atoms with Crippen LogP contribution < -0.4 is 16.0 Å². The van der Waals surface area contributed by atoms with Gasteiger partial charge in [0.1, 0.15) is 6.54 Å². The quantitative estimate of drug-likeness (QED) is 0.508. The zero-order valence-electron chi connectivity index (χ0n) is 17.5. The molecule has 2 unspecified atom stereocenters. The fourth-order valence-corrected chi connectivity index (χ4v) is 3.39. The summed E-state index contributed by atoms with van der Waals surface area (Å²) in [7, 11) is 0. The molecule has 2 atom stereocenters. The van der Waals surface area contributed by atoms with Crippen molar-refractivity contribution in [1.82, 2.24) is 26.1 Å². The number of carbonyl (C=O) groups excluding carboxylic acids is 1. The summed E-state index contributed by atoms with van der Waals surface area (Å²) in [4.78, 5) is 21.4. The summed E-state index contributed by atoms with van der Waals surface area (Å²) >= 11 is 0. The molecule has 28 heavy (non-hydrogen) atoms. The summed E-state index contributed by atoms with van der Waals surface area (Å²) in [6.45, 7) is 9.28. The molecule has 1 heterocycles. The van der Waals surface area contributed by atoms with E-state index in [2.05, 4.69) is 31.1 Å². The third kappa shape index (κ3) is 5.94. The Kier molecular flexibility index (Phi) is 6.57. The average Bonchev–Trinajstić information content (AvgIpc) is 3.31. The van der Waals surface area contributed by atoms with Gasteiger partial charge in [-0.1, -0.05) is 32.3 Å². The molecule has 8 heteroatoms. The Morgan fingerprint density at radius 1 is 1.18 bits per heavy atom. The van der Waals surface area contributed by atoms with E-state index in [9.17, 15) is 4.79 Å². The van der Waals surface area contributed by atoms with Crippen molar-refractivity contribution in [2.45, 2.75) is 90.3 Å². The van der Waals surface area contributed by atoms with Crippen molar-refractivity contribution in [1.29, 1.82) is 0 Å². The van der Waals surface area contributed by atoms with E-state index in [1.807, 2.05) is 27.7 Å². The van der Waals surface area contributed by atoms with Crippen LogP contribution in [0.5, 0.6) is 0 Å². The molecule has 2 aliphatic carbocycles. The number of aromatic nitrogens is 2. The Balaban J connectivity index is 1.56. The smallest absolute Gasteiger partial charge is 0.232 e. The monoisotopic (exact) mass is 390 g/mol. The standard InChI is InChI=1S/C20H34N6O2/c1-5-21-19(22-12-16-25-18(28-26-16)20(2,3)4)24-15-8-6-7-13(11-15)17(27)23-14-9-10-14/h13-15H,5-12H2,1-4H3,(H,23,27)(H2,21,22,24). The molecule has 8 nitrogen and oxygen atoms in total. The summed E-state index contributed by atoms with van der Waals surface area (Å²) in [5.74, 6) is 2.25. The van der Waals surface area contributed by atoms with Crippen molar-refractivity contribution in [2.75, 3.05) is 6.54 Å². The van der Waals surface area contributed by atoms with E-state index in [4.69, 9.17) is 4.52 Å². The molecule has 2 fully saturated rings. The summed E-state index contributed by atoms with van der Waals surface area (Å²) < 4.78 is 5.33. The lowest BCUT2D eigenvalue weighted by atomic mass is 9.85. The van der Waals surface area contributed by atoms with Gasteiger partial charge < -0.3 is 20.5 Å². The predicted octanol–water partition coefficient (Wildman–Crippen LogP) is 2.26. The molecule has 3 rings (SSSR count). The van der Waals surface area contributed by atoms with Crippen LogP contribution in [0.2, 0.25) is 0 Å². The highest BCUT2D eigenvalue weighted by molar-refractivity contribution is 5.81. The fraction of sp³-hybridized carbons (Fsp3) is 0.800. The minimum Gasteiger partial charge on any atom is -0.357 e. The van der Waals surface area contributed by atoms with Crippen LogP contribution in [0.4, 0.5) is 0 Å². The molecular formula is C20H34N6O2. The van der Waals surface area contributed by atoms with Gasteiger partial charge in [-0.15, -0.1) is 0 Å². The normalized spacial score (nSPS) is 23.4. The Hall–Kier alpha value is -2.12. The first-order valence-corrected chi connectivity index (χ1v) is 10.5. The van der Waals surface area contributed by atoms with Gasteiger partial charge in [-0.2, -0.15) is 4.98 Å². The number of amides is 1. The molecule has 0 aliphatic heterocycles. The third-order valence-electron chi connectivity index (χ3n) is 5.14. The number of nitrogens with one attached hydrogen (secondary N) is 3. The van der Waals surface area contributed by atoms with Crippen molar-refractivity contribution in [3.05, 3.63) is 11.7 Å². The highest BCUT2D eigenvalue weighted by Crippen LogP contribution is 2.27. The Morgan fingerprint density at radius 2 is 1.96 bits per heavy atom. The van der Waals surface area contributed by atoms with Crippen LogP contribution in [0.15, 0.2) is 9.52 Å². The zero-order chi connectivity index (χ0) is 20.1. The molecule has 3 N–H and O–H groups in total. The Labute approximate surface area is 167 Å². The molecule has 2 saturated carbocycles. The van der Waals surface area contributed by atoms with Gasteiger partial charge in [0.25, 0.3) is 0 Å². The van der Waals surface area contributed by atoms with E-state index < -0.39 is 0 Å². The van der Waals surface area contributed by atoms with E-state index in [1.165, 1.54) is 0 Å². The van der Waals surface area contributed by atoms with Crippen LogP contribution in [0.25, 0.3) is 0 Å². The van der Waals surface area contributed by atoms with Crippen molar-refractivity contribution < 1.29 is 9.32 Å². The molecule has 1 aromatic heterocycles. The Bertz CT molecular complexity index is 689. The second-order valence-electron chi connectivity index (χ2n) is 8.95. The minimum atomic E-state index is -0.171. The van der Waals surface area contributed by atoms with Crippen LogP contribution in [0.1, 0.15) is 77.9 Å². The van der Waals surface area contributed by atoms with Crippen LogP contribution in [-0.2, 0) is 16.8 Å². The lowest BCUT2D eigenvalue weighted by Gasteiger charge is -2.30. The molecule has 0 aromatic carbocycles. The average molecular weight is 391 g/mol. The van der Waals surface area contributed by atoms with Crippen LogP contribution >= 0.6 is 0 Å². The van der Waals surface area contributed by atoms with E-state index in [-0.39, 0.29) is 23.3 Å². The molecular weight excluding hydrogens is 356 g/mol. The van der Waals surface area contributed by atoms with Gasteiger partial charge in [-0.05, 0) is 39.0 Å². The molecule has 2 aliphatic rings. The van der Waals surface area contributed by atoms with Gasteiger partial charge in [0.05, 0.1) is 0 Å². The molecule has 0 radical (unpaired) electrons. The lowest BCUT2D eigenvalue weighted by Crippen LogP contribution is -2.47. The maximum Gasteiger partial charge on any atom is 0.232 e. The van der Waals surface area contributed by atoms with Crippen molar-refractivity contribution in [3.63, 3.8) is 0 Å². The summed E-state index contributed by atoms with van der Waals surface area (Å²) in [5.41, 5.74) is -0.171. The highest BCUT2D eigenvalue weighted by Gasteiger charge is 2.31. The van der Waals surface area contributed by atoms with Gasteiger partial charge in [0.15, 0.2) is 11.8 Å². The van der Waals surface area contributed by atoms with Crippen LogP contribution in [0.3, 0.4) is 0 Å². The molecule has 1 amide bonds. The SMILES string of the molecule is CCNC(=NCc1noc(C(C)(C)C)n1)NC1CCCC(C(=O)NC2CC2)C1. The molecule has 0 spiro atoms. The number of hydrogen-bond acceptors (Lipinski definition) is 5. The van der Waals surface area contributed by atoms with Crippen molar-refractivity contribution >= 4 is 11.9 Å². The first-order valence-electron chi connectivity index (χ1n) is 10.5. The maximum absolute atomic E-state index is 12.4. The molecule has 0 saturated heterocycles. The number of aliphatic imine (C=N–C) groups is 1. The molecule has 1 aromatic rings. The molecule has 156 valence electrons. The summed E-state index contributed by atoms with van der Waals surface area (Å²) in [6.07, 6.45) is 6.19. The number of nitrogens with zero attached hydrogens (tertiary/aromatic N) is 3. The predicted molar refractivity (Wildman–Crippen MR) is 108 cm³/mol. The zero-order valence-corrected chi connectivity index (χ0v) is 17.5. The first kappa shape index (κ1) is 20.6. The fourth-order valence-electron chi connectivity index (χ4n) is 3.39. The van der Waals surface area contributed by atoms with Gasteiger partial charge >= 0.3 is 0 Å². The number of carbonyl (C=O) groups is 1. The highest BCUT2D eigenvalue weighted by atomic mass is 16.5. The maximum atomic E-state index is 12.4.